The molecule has 2 unspecified atom stereocenters. The van der Waals surface area contributed by atoms with Crippen molar-refractivity contribution in [3.63, 3.8) is 0 Å². The number of hydrogen-bond donors (Lipinski definition) is 2. The SMILES string of the molecule is COCCCNC(=O)C(C)Oc1ccc(C(C)N)cc1C. The molecule has 0 spiro atoms. The number of amides is 1. The lowest BCUT2D eigenvalue weighted by Gasteiger charge is -2.17. The minimum absolute atomic E-state index is 0.0146. The zero-order valence-electron chi connectivity index (χ0n) is 13.3. The van der Waals surface area contributed by atoms with E-state index in [-0.39, 0.29) is 11.9 Å². The summed E-state index contributed by atoms with van der Waals surface area (Å²) < 4.78 is 10.6. The fourth-order valence-corrected chi connectivity index (χ4v) is 1.90. The number of nitrogens with two attached hydrogens (primary N) is 1. The summed E-state index contributed by atoms with van der Waals surface area (Å²) >= 11 is 0. The quantitative estimate of drug-likeness (QED) is 0.719. The minimum Gasteiger partial charge on any atom is -0.481 e. The van der Waals surface area contributed by atoms with Gasteiger partial charge in [0.25, 0.3) is 5.91 Å². The van der Waals surface area contributed by atoms with Gasteiger partial charge < -0.3 is 20.5 Å². The van der Waals surface area contributed by atoms with Gasteiger partial charge >= 0.3 is 0 Å². The van der Waals surface area contributed by atoms with Gasteiger partial charge in [-0.2, -0.15) is 0 Å². The Hall–Kier alpha value is -1.59. The van der Waals surface area contributed by atoms with Gasteiger partial charge in [-0.15, -0.1) is 0 Å². The zero-order valence-corrected chi connectivity index (χ0v) is 13.3. The first-order valence-electron chi connectivity index (χ1n) is 7.25. The molecule has 0 heterocycles. The smallest absolute Gasteiger partial charge is 0.260 e. The van der Waals surface area contributed by atoms with Crippen LogP contribution in [0.1, 0.15) is 37.4 Å². The van der Waals surface area contributed by atoms with E-state index in [2.05, 4.69) is 5.32 Å². The Bertz CT molecular complexity index is 461. The largest absolute Gasteiger partial charge is 0.481 e. The van der Waals surface area contributed by atoms with Crippen molar-refractivity contribution in [1.82, 2.24) is 5.32 Å². The molecule has 118 valence electrons. The third-order valence-electron chi connectivity index (χ3n) is 3.22. The summed E-state index contributed by atoms with van der Waals surface area (Å²) in [5.41, 5.74) is 7.87. The van der Waals surface area contributed by atoms with E-state index in [1.807, 2.05) is 32.0 Å². The number of nitrogens with one attached hydrogen (secondary N) is 1. The van der Waals surface area contributed by atoms with E-state index in [0.717, 1.165) is 17.5 Å². The number of aryl methyl sites for hydroxylation is 1. The molecule has 0 aliphatic heterocycles. The monoisotopic (exact) mass is 294 g/mol. The van der Waals surface area contributed by atoms with Crippen molar-refractivity contribution in [3.05, 3.63) is 29.3 Å². The third kappa shape index (κ3) is 5.73. The van der Waals surface area contributed by atoms with Gasteiger partial charge in [-0.1, -0.05) is 12.1 Å². The highest BCUT2D eigenvalue weighted by Gasteiger charge is 2.15. The van der Waals surface area contributed by atoms with E-state index in [0.29, 0.717) is 18.9 Å². The molecule has 0 aromatic heterocycles. The second kappa shape index (κ2) is 8.64. The Labute approximate surface area is 126 Å². The molecular weight excluding hydrogens is 268 g/mol. The van der Waals surface area contributed by atoms with Crippen molar-refractivity contribution in [2.45, 2.75) is 39.3 Å². The maximum absolute atomic E-state index is 11.9. The number of ether oxygens (including phenoxy) is 2. The second-order valence-corrected chi connectivity index (χ2v) is 5.21. The van der Waals surface area contributed by atoms with Gasteiger partial charge in [-0.25, -0.2) is 0 Å². The molecule has 0 fully saturated rings. The molecule has 5 heteroatoms. The van der Waals surface area contributed by atoms with Gasteiger partial charge in [-0.05, 0) is 44.4 Å². The molecule has 0 aliphatic rings. The van der Waals surface area contributed by atoms with Crippen LogP contribution >= 0.6 is 0 Å². The van der Waals surface area contributed by atoms with E-state index >= 15 is 0 Å². The van der Waals surface area contributed by atoms with Crippen molar-refractivity contribution < 1.29 is 14.3 Å². The van der Waals surface area contributed by atoms with Crippen molar-refractivity contribution in [2.75, 3.05) is 20.3 Å². The zero-order chi connectivity index (χ0) is 15.8. The van der Waals surface area contributed by atoms with Crippen LogP contribution < -0.4 is 15.8 Å². The summed E-state index contributed by atoms with van der Waals surface area (Å²) in [4.78, 5) is 11.9. The summed E-state index contributed by atoms with van der Waals surface area (Å²) in [7, 11) is 1.64. The molecule has 1 aromatic rings. The highest BCUT2D eigenvalue weighted by Crippen LogP contribution is 2.22. The lowest BCUT2D eigenvalue weighted by molar-refractivity contribution is -0.127. The average molecular weight is 294 g/mol. The molecule has 2 atom stereocenters. The molecular formula is C16H26N2O3. The Morgan fingerprint density at radius 3 is 2.67 bits per heavy atom. The molecule has 0 bridgehead atoms. The standard InChI is InChI=1S/C16H26N2O3/c1-11-10-14(12(2)17)6-7-15(11)21-13(3)16(19)18-8-5-9-20-4/h6-7,10,12-13H,5,8-9,17H2,1-4H3,(H,18,19). The van der Waals surface area contributed by atoms with Gasteiger partial charge in [0.05, 0.1) is 0 Å². The maximum Gasteiger partial charge on any atom is 0.260 e. The topological polar surface area (TPSA) is 73.6 Å². The van der Waals surface area contributed by atoms with Crippen LogP contribution in [-0.2, 0) is 9.53 Å². The summed E-state index contributed by atoms with van der Waals surface area (Å²) in [6, 6.07) is 5.77. The Morgan fingerprint density at radius 2 is 2.10 bits per heavy atom. The number of carbonyl (C=O) groups is 1. The minimum atomic E-state index is -0.535. The van der Waals surface area contributed by atoms with Crippen LogP contribution in [0.3, 0.4) is 0 Å². The van der Waals surface area contributed by atoms with Crippen LogP contribution in [-0.4, -0.2) is 32.3 Å². The molecule has 1 rings (SSSR count). The summed E-state index contributed by atoms with van der Waals surface area (Å²) in [5, 5.41) is 2.82. The van der Waals surface area contributed by atoms with E-state index in [9.17, 15) is 4.79 Å². The van der Waals surface area contributed by atoms with Crippen molar-refractivity contribution >= 4 is 5.91 Å². The number of hydrogen-bond acceptors (Lipinski definition) is 4. The predicted molar refractivity (Wildman–Crippen MR) is 83.4 cm³/mol. The second-order valence-electron chi connectivity index (χ2n) is 5.21. The first-order valence-corrected chi connectivity index (χ1v) is 7.25. The van der Waals surface area contributed by atoms with Crippen LogP contribution in [0, 0.1) is 6.92 Å². The van der Waals surface area contributed by atoms with Crippen molar-refractivity contribution in [1.29, 1.82) is 0 Å². The number of carbonyl (C=O) groups excluding carboxylic acids is 1. The van der Waals surface area contributed by atoms with Crippen LogP contribution in [0.25, 0.3) is 0 Å². The highest BCUT2D eigenvalue weighted by atomic mass is 16.5. The van der Waals surface area contributed by atoms with E-state index in [1.165, 1.54) is 0 Å². The maximum atomic E-state index is 11.9. The molecule has 0 saturated heterocycles. The molecule has 0 radical (unpaired) electrons. The lowest BCUT2D eigenvalue weighted by Crippen LogP contribution is -2.37. The summed E-state index contributed by atoms with van der Waals surface area (Å²) in [6.07, 6.45) is 0.254. The van der Waals surface area contributed by atoms with Crippen LogP contribution in [0.5, 0.6) is 5.75 Å². The summed E-state index contributed by atoms with van der Waals surface area (Å²) in [5.74, 6) is 0.584. The van der Waals surface area contributed by atoms with Crippen molar-refractivity contribution in [2.24, 2.45) is 5.73 Å². The van der Waals surface area contributed by atoms with Crippen LogP contribution in [0.2, 0.25) is 0 Å². The summed E-state index contributed by atoms with van der Waals surface area (Å²) in [6.45, 7) is 6.84. The van der Waals surface area contributed by atoms with E-state index < -0.39 is 6.10 Å². The Kier molecular flexibility index (Phi) is 7.19. The highest BCUT2D eigenvalue weighted by molar-refractivity contribution is 5.80. The van der Waals surface area contributed by atoms with Gasteiger partial charge in [0.15, 0.2) is 6.10 Å². The van der Waals surface area contributed by atoms with E-state index in [4.69, 9.17) is 15.2 Å². The Morgan fingerprint density at radius 1 is 1.38 bits per heavy atom. The first kappa shape index (κ1) is 17.5. The molecule has 3 N–H and O–H groups in total. The number of methoxy groups -OCH3 is 1. The normalized spacial score (nSPS) is 13.6. The first-order chi connectivity index (χ1) is 9.95. The average Bonchev–Trinajstić information content (AvgIpc) is 2.45. The number of rotatable bonds is 8. The molecule has 1 aromatic carbocycles. The van der Waals surface area contributed by atoms with Crippen molar-refractivity contribution in [3.8, 4) is 5.75 Å². The molecule has 1 amide bonds. The van der Waals surface area contributed by atoms with Gasteiger partial charge in [0.1, 0.15) is 5.75 Å². The fourth-order valence-electron chi connectivity index (χ4n) is 1.90. The fraction of sp³-hybridized carbons (Fsp3) is 0.562. The lowest BCUT2D eigenvalue weighted by atomic mass is 10.1. The van der Waals surface area contributed by atoms with Gasteiger partial charge in [0, 0.05) is 26.3 Å². The molecule has 21 heavy (non-hydrogen) atoms. The molecule has 5 nitrogen and oxygen atoms in total. The molecule has 0 saturated carbocycles. The predicted octanol–water partition coefficient (Wildman–Crippen LogP) is 1.93. The number of benzene rings is 1. The third-order valence-corrected chi connectivity index (χ3v) is 3.22. The Balaban J connectivity index is 2.54. The van der Waals surface area contributed by atoms with Crippen LogP contribution in [0.15, 0.2) is 18.2 Å². The van der Waals surface area contributed by atoms with E-state index in [1.54, 1.807) is 14.0 Å². The van der Waals surface area contributed by atoms with Gasteiger partial charge in [0.2, 0.25) is 0 Å². The molecule has 0 aliphatic carbocycles. The van der Waals surface area contributed by atoms with Crippen LogP contribution in [0.4, 0.5) is 0 Å². The van der Waals surface area contributed by atoms with Gasteiger partial charge in [-0.3, -0.25) is 4.79 Å².